The number of nitrogens with two attached hydrogens (primary N) is 1. The van der Waals surface area contributed by atoms with E-state index in [1.54, 1.807) is 0 Å². The van der Waals surface area contributed by atoms with E-state index in [0.717, 1.165) is 5.56 Å². The van der Waals surface area contributed by atoms with Crippen molar-refractivity contribution < 1.29 is 4.79 Å². The maximum Gasteiger partial charge on any atom is 0.312 e. The van der Waals surface area contributed by atoms with Crippen molar-refractivity contribution in [3.8, 4) is 0 Å². The monoisotopic (exact) mass is 192 g/mol. The van der Waals surface area contributed by atoms with Gasteiger partial charge in [-0.25, -0.2) is 4.79 Å². The molecule has 0 heterocycles. The summed E-state index contributed by atoms with van der Waals surface area (Å²) in [7, 11) is 0. The number of hydrogen-bond acceptors (Lipinski definition) is 1. The summed E-state index contributed by atoms with van der Waals surface area (Å²) in [4.78, 5) is 10.6. The zero-order valence-electron chi connectivity index (χ0n) is 8.85. The van der Waals surface area contributed by atoms with Crippen LogP contribution in [0.1, 0.15) is 22.3 Å². The first-order valence-corrected chi connectivity index (χ1v) is 4.60. The van der Waals surface area contributed by atoms with Gasteiger partial charge in [-0.1, -0.05) is 17.7 Å². The second-order valence-corrected chi connectivity index (χ2v) is 3.60. The molecule has 0 spiro atoms. The molecule has 0 saturated carbocycles. The molecule has 0 bridgehead atoms. The van der Waals surface area contributed by atoms with Gasteiger partial charge in [0.2, 0.25) is 0 Å². The number of carbonyl (C=O) groups is 1. The van der Waals surface area contributed by atoms with Crippen LogP contribution in [0.4, 0.5) is 4.79 Å². The molecule has 3 nitrogen and oxygen atoms in total. The van der Waals surface area contributed by atoms with E-state index in [9.17, 15) is 4.79 Å². The van der Waals surface area contributed by atoms with E-state index < -0.39 is 6.03 Å². The summed E-state index contributed by atoms with van der Waals surface area (Å²) in [6.07, 6.45) is 0. The number of amides is 2. The summed E-state index contributed by atoms with van der Waals surface area (Å²) in [5, 5.41) is 2.60. The van der Waals surface area contributed by atoms with E-state index in [0.29, 0.717) is 6.54 Å². The Kier molecular flexibility index (Phi) is 3.12. The van der Waals surface area contributed by atoms with Crippen LogP contribution in [0.15, 0.2) is 12.1 Å². The molecule has 3 N–H and O–H groups in total. The zero-order valence-corrected chi connectivity index (χ0v) is 8.85. The molecule has 0 radical (unpaired) electrons. The van der Waals surface area contributed by atoms with E-state index in [4.69, 9.17) is 5.73 Å². The van der Waals surface area contributed by atoms with Crippen LogP contribution in [0.5, 0.6) is 0 Å². The number of benzene rings is 1. The fraction of sp³-hybridized carbons (Fsp3) is 0.364. The highest BCUT2D eigenvalue weighted by atomic mass is 16.2. The van der Waals surface area contributed by atoms with Gasteiger partial charge in [-0.15, -0.1) is 0 Å². The van der Waals surface area contributed by atoms with Crippen LogP contribution in [0.3, 0.4) is 0 Å². The number of urea groups is 1. The summed E-state index contributed by atoms with van der Waals surface area (Å²) in [5.41, 5.74) is 9.79. The van der Waals surface area contributed by atoms with Crippen LogP contribution < -0.4 is 11.1 Å². The van der Waals surface area contributed by atoms with Crippen LogP contribution in [0, 0.1) is 20.8 Å². The summed E-state index contributed by atoms with van der Waals surface area (Å²) in [5.74, 6) is 0. The smallest absolute Gasteiger partial charge is 0.312 e. The van der Waals surface area contributed by atoms with Crippen molar-refractivity contribution in [2.45, 2.75) is 27.3 Å². The minimum atomic E-state index is -0.482. The first-order chi connectivity index (χ1) is 6.50. The van der Waals surface area contributed by atoms with Crippen molar-refractivity contribution in [2.24, 2.45) is 5.73 Å². The quantitative estimate of drug-likeness (QED) is 0.737. The highest BCUT2D eigenvalue weighted by molar-refractivity contribution is 5.71. The molecule has 0 aliphatic rings. The molecule has 0 aliphatic carbocycles. The third-order valence-corrected chi connectivity index (χ3v) is 2.28. The molecule has 0 aliphatic heterocycles. The molecule has 1 aromatic rings. The molecule has 76 valence electrons. The Morgan fingerprint density at radius 1 is 1.29 bits per heavy atom. The summed E-state index contributed by atoms with van der Waals surface area (Å²) >= 11 is 0. The van der Waals surface area contributed by atoms with Gasteiger partial charge in [0.1, 0.15) is 0 Å². The molecule has 2 amide bonds. The van der Waals surface area contributed by atoms with Gasteiger partial charge in [-0.05, 0) is 37.5 Å². The second kappa shape index (κ2) is 4.13. The zero-order chi connectivity index (χ0) is 10.7. The molecule has 0 atom stereocenters. The summed E-state index contributed by atoms with van der Waals surface area (Å²) in [6, 6.07) is 3.72. The lowest BCUT2D eigenvalue weighted by atomic mass is 10.00. The lowest BCUT2D eigenvalue weighted by Gasteiger charge is -2.11. The standard InChI is InChI=1S/C11H16N2O/c1-7-4-8(2)10(9(3)5-7)6-13-11(12)14/h4-5H,6H2,1-3H3,(H3,12,13,14). The number of aryl methyl sites for hydroxylation is 3. The Hall–Kier alpha value is -1.51. The Bertz CT molecular complexity index is 335. The van der Waals surface area contributed by atoms with Crippen LogP contribution in [0.2, 0.25) is 0 Å². The third-order valence-electron chi connectivity index (χ3n) is 2.28. The van der Waals surface area contributed by atoms with Gasteiger partial charge in [0.05, 0.1) is 0 Å². The normalized spacial score (nSPS) is 9.93. The largest absolute Gasteiger partial charge is 0.352 e. The van der Waals surface area contributed by atoms with Gasteiger partial charge in [0.25, 0.3) is 0 Å². The first-order valence-electron chi connectivity index (χ1n) is 4.60. The molecule has 1 aromatic carbocycles. The highest BCUT2D eigenvalue weighted by Crippen LogP contribution is 2.15. The minimum absolute atomic E-state index is 0.482. The van der Waals surface area contributed by atoms with Crippen LogP contribution in [0.25, 0.3) is 0 Å². The van der Waals surface area contributed by atoms with Crippen molar-refractivity contribution in [1.82, 2.24) is 5.32 Å². The molecular formula is C11H16N2O. The van der Waals surface area contributed by atoms with Gasteiger partial charge < -0.3 is 11.1 Å². The van der Waals surface area contributed by atoms with E-state index >= 15 is 0 Å². The third kappa shape index (κ3) is 2.49. The number of rotatable bonds is 2. The van der Waals surface area contributed by atoms with E-state index in [-0.39, 0.29) is 0 Å². The molecule has 3 heteroatoms. The summed E-state index contributed by atoms with van der Waals surface area (Å²) < 4.78 is 0. The van der Waals surface area contributed by atoms with Gasteiger partial charge in [-0.3, -0.25) is 0 Å². The Balaban J connectivity index is 2.91. The van der Waals surface area contributed by atoms with Crippen LogP contribution in [-0.2, 0) is 6.54 Å². The second-order valence-electron chi connectivity index (χ2n) is 3.60. The van der Waals surface area contributed by atoms with Gasteiger partial charge in [0, 0.05) is 6.54 Å². The van der Waals surface area contributed by atoms with Crippen molar-refractivity contribution in [3.63, 3.8) is 0 Å². The van der Waals surface area contributed by atoms with E-state index in [1.807, 2.05) is 13.8 Å². The number of hydrogen-bond donors (Lipinski definition) is 2. The van der Waals surface area contributed by atoms with E-state index in [1.165, 1.54) is 16.7 Å². The van der Waals surface area contributed by atoms with Crippen molar-refractivity contribution in [3.05, 3.63) is 34.4 Å². The van der Waals surface area contributed by atoms with Crippen molar-refractivity contribution >= 4 is 6.03 Å². The Morgan fingerprint density at radius 2 is 1.79 bits per heavy atom. The Labute approximate surface area is 84.3 Å². The molecule has 0 fully saturated rings. The highest BCUT2D eigenvalue weighted by Gasteiger charge is 2.03. The topological polar surface area (TPSA) is 55.1 Å². The maximum atomic E-state index is 10.6. The van der Waals surface area contributed by atoms with Gasteiger partial charge in [0.15, 0.2) is 0 Å². The average molecular weight is 192 g/mol. The minimum Gasteiger partial charge on any atom is -0.352 e. The van der Waals surface area contributed by atoms with Crippen LogP contribution in [-0.4, -0.2) is 6.03 Å². The van der Waals surface area contributed by atoms with E-state index in [2.05, 4.69) is 24.4 Å². The number of nitrogens with one attached hydrogen (secondary N) is 1. The van der Waals surface area contributed by atoms with Gasteiger partial charge in [-0.2, -0.15) is 0 Å². The fourth-order valence-electron chi connectivity index (χ4n) is 1.66. The maximum absolute atomic E-state index is 10.6. The first kappa shape index (κ1) is 10.6. The fourth-order valence-corrected chi connectivity index (χ4v) is 1.66. The average Bonchev–Trinajstić information content (AvgIpc) is 2.01. The molecule has 0 unspecified atom stereocenters. The predicted molar refractivity (Wildman–Crippen MR) is 57.1 cm³/mol. The summed E-state index contributed by atoms with van der Waals surface area (Å²) in [6.45, 7) is 6.65. The lowest BCUT2D eigenvalue weighted by Crippen LogP contribution is -2.29. The molecular weight excluding hydrogens is 176 g/mol. The van der Waals surface area contributed by atoms with Gasteiger partial charge >= 0.3 is 6.03 Å². The van der Waals surface area contributed by atoms with Crippen molar-refractivity contribution in [2.75, 3.05) is 0 Å². The predicted octanol–water partition coefficient (Wildman–Crippen LogP) is 1.78. The molecule has 0 aromatic heterocycles. The van der Waals surface area contributed by atoms with Crippen molar-refractivity contribution in [1.29, 1.82) is 0 Å². The lowest BCUT2D eigenvalue weighted by molar-refractivity contribution is 0.248. The number of carbonyl (C=O) groups excluding carboxylic acids is 1. The SMILES string of the molecule is Cc1cc(C)c(CNC(N)=O)c(C)c1. The molecule has 1 rings (SSSR count). The van der Waals surface area contributed by atoms with Crippen LogP contribution >= 0.6 is 0 Å². The molecule has 14 heavy (non-hydrogen) atoms. The Morgan fingerprint density at radius 3 is 2.21 bits per heavy atom. The molecule has 0 saturated heterocycles. The number of primary amides is 1.